The molecule has 0 bridgehead atoms. The van der Waals surface area contributed by atoms with Crippen LogP contribution in [0, 0.1) is 5.82 Å². The number of piperazine rings is 1. The van der Waals surface area contributed by atoms with Crippen molar-refractivity contribution in [2.24, 2.45) is 5.73 Å². The molecule has 1 fully saturated rings. The largest absolute Gasteiger partial charge is 0.326 e. The fourth-order valence-corrected chi connectivity index (χ4v) is 4.40. The van der Waals surface area contributed by atoms with Crippen LogP contribution in [0.1, 0.15) is 12.5 Å². The van der Waals surface area contributed by atoms with Crippen LogP contribution in [0.5, 0.6) is 0 Å². The first-order chi connectivity index (χ1) is 9.36. The maximum atomic E-state index is 13.4. The molecule has 1 aliphatic heterocycles. The summed E-state index contributed by atoms with van der Waals surface area (Å²) in [6.07, 6.45) is 0. The van der Waals surface area contributed by atoms with E-state index in [1.807, 2.05) is 14.0 Å². The summed E-state index contributed by atoms with van der Waals surface area (Å²) in [5.41, 5.74) is 6.01. The van der Waals surface area contributed by atoms with Crippen LogP contribution in [-0.4, -0.2) is 50.3 Å². The van der Waals surface area contributed by atoms with Crippen molar-refractivity contribution in [1.82, 2.24) is 9.21 Å². The van der Waals surface area contributed by atoms with E-state index in [1.54, 1.807) is 0 Å². The van der Waals surface area contributed by atoms with Crippen LogP contribution in [0.3, 0.4) is 0 Å². The van der Waals surface area contributed by atoms with Gasteiger partial charge in [0.05, 0.1) is 4.90 Å². The van der Waals surface area contributed by atoms with Crippen LogP contribution in [0.15, 0.2) is 23.1 Å². The van der Waals surface area contributed by atoms with E-state index in [2.05, 4.69) is 4.90 Å². The van der Waals surface area contributed by atoms with Crippen LogP contribution >= 0.6 is 0 Å². The zero-order valence-corrected chi connectivity index (χ0v) is 12.5. The second kappa shape index (κ2) is 5.77. The summed E-state index contributed by atoms with van der Waals surface area (Å²) >= 11 is 0. The molecule has 1 aliphatic rings. The van der Waals surface area contributed by atoms with Crippen LogP contribution < -0.4 is 5.73 Å². The lowest BCUT2D eigenvalue weighted by Gasteiger charge is -2.37. The minimum absolute atomic E-state index is 0.0172. The average Bonchev–Trinajstić information content (AvgIpc) is 2.38. The van der Waals surface area contributed by atoms with Gasteiger partial charge in [0.25, 0.3) is 0 Å². The molecule has 0 amide bonds. The number of rotatable bonds is 3. The Hall–Kier alpha value is -1.02. The van der Waals surface area contributed by atoms with E-state index < -0.39 is 15.8 Å². The molecule has 0 radical (unpaired) electrons. The molecule has 20 heavy (non-hydrogen) atoms. The van der Waals surface area contributed by atoms with Gasteiger partial charge >= 0.3 is 0 Å². The van der Waals surface area contributed by atoms with Crippen molar-refractivity contribution in [3.8, 4) is 0 Å². The van der Waals surface area contributed by atoms with E-state index in [1.165, 1.54) is 16.4 Å². The molecule has 7 heteroatoms. The Morgan fingerprint density at radius 1 is 1.40 bits per heavy atom. The molecule has 0 saturated carbocycles. The third kappa shape index (κ3) is 2.85. The first-order valence-corrected chi connectivity index (χ1v) is 7.99. The van der Waals surface area contributed by atoms with Crippen molar-refractivity contribution in [2.75, 3.05) is 26.7 Å². The van der Waals surface area contributed by atoms with Gasteiger partial charge in [-0.25, -0.2) is 12.8 Å². The third-order valence-corrected chi connectivity index (χ3v) is 5.70. The van der Waals surface area contributed by atoms with Crippen LogP contribution in [-0.2, 0) is 16.6 Å². The predicted octanol–water partition coefficient (Wildman–Crippen LogP) is 0.609. The number of hydrogen-bond donors (Lipinski definition) is 1. The first kappa shape index (κ1) is 15.4. The Labute approximate surface area is 119 Å². The number of nitrogens with zero attached hydrogens (tertiary/aromatic N) is 2. The molecule has 1 unspecified atom stereocenters. The molecule has 0 aliphatic carbocycles. The second-order valence-corrected chi connectivity index (χ2v) is 7.04. The van der Waals surface area contributed by atoms with Crippen molar-refractivity contribution in [1.29, 1.82) is 0 Å². The standard InChI is InChI=1S/C13H20FN3O2S/c1-10-9-16(2)5-6-17(10)20(18,19)13-7-12(14)4-3-11(13)8-15/h3-4,7,10H,5-6,8-9,15H2,1-2H3. The van der Waals surface area contributed by atoms with Crippen molar-refractivity contribution >= 4 is 10.0 Å². The summed E-state index contributed by atoms with van der Waals surface area (Å²) < 4.78 is 40.3. The minimum Gasteiger partial charge on any atom is -0.326 e. The van der Waals surface area contributed by atoms with Gasteiger partial charge in [0, 0.05) is 32.2 Å². The van der Waals surface area contributed by atoms with Gasteiger partial charge < -0.3 is 10.6 Å². The third-order valence-electron chi connectivity index (χ3n) is 3.61. The zero-order valence-electron chi connectivity index (χ0n) is 11.7. The van der Waals surface area contributed by atoms with Crippen molar-refractivity contribution in [2.45, 2.75) is 24.4 Å². The molecule has 1 aromatic rings. The summed E-state index contributed by atoms with van der Waals surface area (Å²) in [6, 6.07) is 3.58. The Kier molecular flexibility index (Phi) is 4.43. The van der Waals surface area contributed by atoms with Gasteiger partial charge in [-0.3, -0.25) is 0 Å². The summed E-state index contributed by atoms with van der Waals surface area (Å²) in [6.45, 7) is 3.65. The van der Waals surface area contributed by atoms with Crippen LogP contribution in [0.25, 0.3) is 0 Å². The quantitative estimate of drug-likeness (QED) is 0.888. The normalized spacial score (nSPS) is 22.1. The number of likely N-dealkylation sites (N-methyl/N-ethyl adjacent to an activating group) is 1. The zero-order chi connectivity index (χ0) is 14.9. The predicted molar refractivity (Wildman–Crippen MR) is 75.1 cm³/mol. The monoisotopic (exact) mass is 301 g/mol. The highest BCUT2D eigenvalue weighted by Crippen LogP contribution is 2.24. The highest BCUT2D eigenvalue weighted by Gasteiger charge is 2.34. The summed E-state index contributed by atoms with van der Waals surface area (Å²) in [7, 11) is -1.76. The number of hydrogen-bond acceptors (Lipinski definition) is 4. The van der Waals surface area contributed by atoms with E-state index in [0.717, 1.165) is 6.07 Å². The Bertz CT molecular complexity index is 591. The molecule has 0 spiro atoms. The number of sulfonamides is 1. The highest BCUT2D eigenvalue weighted by molar-refractivity contribution is 7.89. The van der Waals surface area contributed by atoms with Gasteiger partial charge in [-0.2, -0.15) is 4.31 Å². The van der Waals surface area contributed by atoms with E-state index in [-0.39, 0.29) is 17.5 Å². The maximum absolute atomic E-state index is 13.4. The number of halogens is 1. The lowest BCUT2D eigenvalue weighted by molar-refractivity contribution is 0.170. The van der Waals surface area contributed by atoms with Gasteiger partial charge in [0.2, 0.25) is 10.0 Å². The Morgan fingerprint density at radius 2 is 2.10 bits per heavy atom. The molecule has 1 heterocycles. The molecule has 1 atom stereocenters. The lowest BCUT2D eigenvalue weighted by atomic mass is 10.2. The first-order valence-electron chi connectivity index (χ1n) is 6.55. The molecule has 1 saturated heterocycles. The summed E-state index contributed by atoms with van der Waals surface area (Å²) in [5.74, 6) is -0.567. The van der Waals surface area contributed by atoms with E-state index >= 15 is 0 Å². The smallest absolute Gasteiger partial charge is 0.243 e. The van der Waals surface area contributed by atoms with E-state index in [4.69, 9.17) is 5.73 Å². The lowest BCUT2D eigenvalue weighted by Crippen LogP contribution is -2.52. The van der Waals surface area contributed by atoms with Crippen molar-refractivity contribution in [3.63, 3.8) is 0 Å². The minimum atomic E-state index is -3.71. The molecule has 2 N–H and O–H groups in total. The molecule has 5 nitrogen and oxygen atoms in total. The van der Waals surface area contributed by atoms with E-state index in [9.17, 15) is 12.8 Å². The molecule has 2 rings (SSSR count). The average molecular weight is 301 g/mol. The Balaban J connectivity index is 2.42. The Morgan fingerprint density at radius 3 is 2.70 bits per heavy atom. The maximum Gasteiger partial charge on any atom is 0.243 e. The number of nitrogens with two attached hydrogens (primary N) is 1. The SMILES string of the molecule is CC1CN(C)CCN1S(=O)(=O)c1cc(F)ccc1CN. The van der Waals surface area contributed by atoms with Gasteiger partial charge in [-0.1, -0.05) is 6.07 Å². The fraction of sp³-hybridized carbons (Fsp3) is 0.538. The van der Waals surface area contributed by atoms with Crippen molar-refractivity contribution < 1.29 is 12.8 Å². The molecular weight excluding hydrogens is 281 g/mol. The van der Waals surface area contributed by atoms with Gasteiger partial charge in [0.1, 0.15) is 5.82 Å². The molecule has 112 valence electrons. The fourth-order valence-electron chi connectivity index (χ4n) is 2.54. The van der Waals surface area contributed by atoms with E-state index in [0.29, 0.717) is 25.2 Å². The van der Waals surface area contributed by atoms with Crippen molar-refractivity contribution in [3.05, 3.63) is 29.6 Å². The highest BCUT2D eigenvalue weighted by atomic mass is 32.2. The van der Waals surface area contributed by atoms with Crippen LogP contribution in [0.2, 0.25) is 0 Å². The summed E-state index contributed by atoms with van der Waals surface area (Å²) in [5, 5.41) is 0. The van der Waals surface area contributed by atoms with Gasteiger partial charge in [0.15, 0.2) is 0 Å². The second-order valence-electron chi connectivity index (χ2n) is 5.18. The summed E-state index contributed by atoms with van der Waals surface area (Å²) in [4.78, 5) is 2.06. The van der Waals surface area contributed by atoms with Gasteiger partial charge in [-0.15, -0.1) is 0 Å². The molecule has 0 aromatic heterocycles. The number of benzene rings is 1. The molecule has 1 aromatic carbocycles. The molecular formula is C13H20FN3O2S. The topological polar surface area (TPSA) is 66.6 Å². The van der Waals surface area contributed by atoms with Crippen LogP contribution in [0.4, 0.5) is 4.39 Å². The van der Waals surface area contributed by atoms with Gasteiger partial charge in [-0.05, 0) is 31.7 Å².